The third-order valence-corrected chi connectivity index (χ3v) is 10.8. The van der Waals surface area contributed by atoms with Gasteiger partial charge in [-0.2, -0.15) is 0 Å². The lowest BCUT2D eigenvalue weighted by Gasteiger charge is -2.43. The van der Waals surface area contributed by atoms with Crippen LogP contribution in [0.2, 0.25) is 0 Å². The molecule has 43 heavy (non-hydrogen) atoms. The Balaban J connectivity index is 1.16. The van der Waals surface area contributed by atoms with Gasteiger partial charge in [-0.05, 0) is 50.2 Å². The molecule has 4 aromatic rings. The van der Waals surface area contributed by atoms with Gasteiger partial charge in [-0.3, -0.25) is 9.59 Å². The summed E-state index contributed by atoms with van der Waals surface area (Å²) >= 11 is 1.40. The van der Waals surface area contributed by atoms with Crippen molar-refractivity contribution >= 4 is 50.5 Å². The van der Waals surface area contributed by atoms with Crippen LogP contribution in [-0.2, 0) is 35.8 Å². The molecule has 0 saturated carbocycles. The second-order valence-electron chi connectivity index (χ2n) is 10.8. The SMILES string of the molecule is CC1(C)S[C@@H]2[C@H](NC(=O)COc3ccccc3)C(=O)N2[C@H]1C(=O)OCc1cc2ccccc2n1S(=O)(=O)c1ccccc1. The molecule has 1 aromatic heterocycles. The molecular formula is C31H29N3O7S2. The maximum atomic E-state index is 13.7. The number of nitrogens with one attached hydrogen (secondary N) is 1. The molecule has 222 valence electrons. The number of ether oxygens (including phenoxy) is 2. The fourth-order valence-corrected chi connectivity index (χ4v) is 8.67. The van der Waals surface area contributed by atoms with Gasteiger partial charge in [-0.1, -0.05) is 54.6 Å². The van der Waals surface area contributed by atoms with E-state index in [1.165, 1.54) is 32.8 Å². The second-order valence-corrected chi connectivity index (χ2v) is 14.3. The average molecular weight is 620 g/mol. The van der Waals surface area contributed by atoms with Gasteiger partial charge in [0.05, 0.1) is 16.1 Å². The molecule has 0 spiro atoms. The van der Waals surface area contributed by atoms with E-state index in [2.05, 4.69) is 5.32 Å². The van der Waals surface area contributed by atoms with Crippen molar-refractivity contribution in [2.45, 2.75) is 47.6 Å². The van der Waals surface area contributed by atoms with Crippen LogP contribution in [0.3, 0.4) is 0 Å². The van der Waals surface area contributed by atoms with E-state index >= 15 is 0 Å². The number of thioether (sulfide) groups is 1. The van der Waals surface area contributed by atoms with Crippen molar-refractivity contribution in [3.05, 3.63) is 96.7 Å². The minimum absolute atomic E-state index is 0.105. The zero-order valence-electron chi connectivity index (χ0n) is 23.4. The molecule has 0 unspecified atom stereocenters. The van der Waals surface area contributed by atoms with Crippen LogP contribution in [0, 0.1) is 0 Å². The molecule has 2 fully saturated rings. The molecule has 0 bridgehead atoms. The number of amides is 2. The normalized spacial score (nSPS) is 20.7. The average Bonchev–Trinajstić information content (AvgIpc) is 3.51. The lowest BCUT2D eigenvalue weighted by atomic mass is 9.96. The molecule has 3 atom stereocenters. The van der Waals surface area contributed by atoms with Crippen molar-refractivity contribution in [1.82, 2.24) is 14.2 Å². The van der Waals surface area contributed by atoms with Crippen molar-refractivity contribution in [3.63, 3.8) is 0 Å². The van der Waals surface area contributed by atoms with Crippen LogP contribution in [0.15, 0.2) is 95.9 Å². The largest absolute Gasteiger partial charge is 0.484 e. The summed E-state index contributed by atoms with van der Waals surface area (Å²) in [6, 6.07) is 23.9. The van der Waals surface area contributed by atoms with Crippen LogP contribution >= 0.6 is 11.8 Å². The summed E-state index contributed by atoms with van der Waals surface area (Å²) in [5.74, 6) is -0.953. The summed E-state index contributed by atoms with van der Waals surface area (Å²) in [6.45, 7) is 3.10. The van der Waals surface area contributed by atoms with Crippen LogP contribution in [-0.4, -0.2) is 63.9 Å². The highest BCUT2D eigenvalue weighted by Gasteiger charge is 2.64. The number of β-lactam (4-membered cyclic amide) rings is 1. The first-order chi connectivity index (χ1) is 20.6. The molecule has 2 aliphatic heterocycles. The molecule has 2 saturated heterocycles. The molecule has 0 radical (unpaired) electrons. The summed E-state index contributed by atoms with van der Waals surface area (Å²) in [6.07, 6.45) is 0. The van der Waals surface area contributed by atoms with Crippen LogP contribution in [0.5, 0.6) is 5.75 Å². The molecule has 0 aliphatic carbocycles. The van der Waals surface area contributed by atoms with Crippen LogP contribution in [0.25, 0.3) is 10.9 Å². The fraction of sp³-hybridized carbons (Fsp3) is 0.258. The first-order valence-electron chi connectivity index (χ1n) is 13.6. The van der Waals surface area contributed by atoms with Gasteiger partial charge in [0.15, 0.2) is 6.61 Å². The molecular weight excluding hydrogens is 590 g/mol. The standard InChI is InChI=1S/C31H29N3O7S2/c1-31(2)27(33-28(36)26(29(33)42-31)32-25(35)19-40-22-12-5-3-6-13-22)30(37)41-18-21-17-20-11-9-10-16-24(20)34(21)43(38,39)23-14-7-4-8-15-23/h3-17,26-27,29H,18-19H2,1-2H3,(H,32,35)/t26-,27+,29-/m1/s1. The van der Waals surface area contributed by atoms with Crippen LogP contribution < -0.4 is 10.1 Å². The Labute approximate surface area is 253 Å². The van der Waals surface area contributed by atoms with E-state index in [-0.39, 0.29) is 29.7 Å². The highest BCUT2D eigenvalue weighted by molar-refractivity contribution is 8.01. The minimum atomic E-state index is -3.99. The summed E-state index contributed by atoms with van der Waals surface area (Å²) in [5, 5.41) is 2.94. The minimum Gasteiger partial charge on any atom is -0.484 e. The zero-order chi connectivity index (χ0) is 30.4. The predicted molar refractivity (Wildman–Crippen MR) is 161 cm³/mol. The number of hydrogen-bond acceptors (Lipinski definition) is 8. The molecule has 6 rings (SSSR count). The van der Waals surface area contributed by atoms with Gasteiger partial charge in [-0.25, -0.2) is 17.2 Å². The van der Waals surface area contributed by atoms with Crippen LogP contribution in [0.4, 0.5) is 0 Å². The third-order valence-electron chi connectivity index (χ3n) is 7.48. The summed E-state index contributed by atoms with van der Waals surface area (Å²) in [7, 11) is -3.99. The third kappa shape index (κ3) is 5.25. The molecule has 3 heterocycles. The molecule has 10 nitrogen and oxygen atoms in total. The van der Waals surface area contributed by atoms with Gasteiger partial charge in [0, 0.05) is 10.1 Å². The molecule has 12 heteroatoms. The number of hydrogen-bond donors (Lipinski definition) is 1. The topological polar surface area (TPSA) is 124 Å². The highest BCUT2D eigenvalue weighted by Crippen LogP contribution is 2.51. The van der Waals surface area contributed by atoms with E-state index < -0.39 is 44.1 Å². The second kappa shape index (κ2) is 11.1. The maximum absolute atomic E-state index is 13.7. The maximum Gasteiger partial charge on any atom is 0.330 e. The lowest BCUT2D eigenvalue weighted by Crippen LogP contribution is -2.71. The Hall–Kier alpha value is -4.29. The van der Waals surface area contributed by atoms with Crippen LogP contribution in [0.1, 0.15) is 19.5 Å². The van der Waals surface area contributed by atoms with Crippen molar-refractivity contribution in [1.29, 1.82) is 0 Å². The summed E-state index contributed by atoms with van der Waals surface area (Å²) in [5.41, 5.74) is 0.735. The van der Waals surface area contributed by atoms with Gasteiger partial charge in [-0.15, -0.1) is 11.8 Å². The molecule has 3 aromatic carbocycles. The lowest BCUT2D eigenvalue weighted by molar-refractivity contribution is -0.165. The Morgan fingerprint density at radius 1 is 0.953 bits per heavy atom. The molecule has 2 aliphatic rings. The van der Waals surface area contributed by atoms with Gasteiger partial charge < -0.3 is 19.7 Å². The molecule has 2 amide bonds. The first kappa shape index (κ1) is 28.8. The van der Waals surface area contributed by atoms with Crippen molar-refractivity contribution in [3.8, 4) is 5.75 Å². The number of carbonyl (C=O) groups excluding carboxylic acids is 3. The van der Waals surface area contributed by atoms with Gasteiger partial charge >= 0.3 is 5.97 Å². The predicted octanol–water partition coefficient (Wildman–Crippen LogP) is 3.55. The Morgan fingerprint density at radius 2 is 1.60 bits per heavy atom. The zero-order valence-corrected chi connectivity index (χ0v) is 25.0. The quantitative estimate of drug-likeness (QED) is 0.223. The number of aromatic nitrogens is 1. The van der Waals surface area contributed by atoms with E-state index in [4.69, 9.17) is 9.47 Å². The number of carbonyl (C=O) groups is 3. The summed E-state index contributed by atoms with van der Waals surface area (Å²) in [4.78, 5) is 40.7. The Kier molecular flexibility index (Phi) is 7.43. The number of fused-ring (bicyclic) bond motifs is 2. The number of esters is 1. The van der Waals surface area contributed by atoms with Crippen molar-refractivity contribution in [2.75, 3.05) is 6.61 Å². The van der Waals surface area contributed by atoms with E-state index in [0.29, 0.717) is 16.7 Å². The Bertz CT molecular complexity index is 1810. The number of para-hydroxylation sites is 2. The first-order valence-corrected chi connectivity index (χ1v) is 15.9. The highest BCUT2D eigenvalue weighted by atomic mass is 32.2. The van der Waals surface area contributed by atoms with Crippen molar-refractivity contribution < 1.29 is 32.3 Å². The molecule has 1 N–H and O–H groups in total. The van der Waals surface area contributed by atoms with E-state index in [0.717, 1.165) is 0 Å². The van der Waals surface area contributed by atoms with Gasteiger partial charge in [0.2, 0.25) is 5.91 Å². The van der Waals surface area contributed by atoms with E-state index in [1.54, 1.807) is 72.8 Å². The monoisotopic (exact) mass is 619 g/mol. The van der Waals surface area contributed by atoms with Gasteiger partial charge in [0.25, 0.3) is 15.9 Å². The van der Waals surface area contributed by atoms with Crippen molar-refractivity contribution in [2.24, 2.45) is 0 Å². The Morgan fingerprint density at radius 3 is 2.33 bits per heavy atom. The van der Waals surface area contributed by atoms with E-state index in [1.807, 2.05) is 19.9 Å². The smallest absolute Gasteiger partial charge is 0.330 e. The summed E-state index contributed by atoms with van der Waals surface area (Å²) < 4.78 is 39.0. The number of nitrogens with zero attached hydrogens (tertiary/aromatic N) is 2. The number of benzene rings is 3. The fourth-order valence-electron chi connectivity index (χ4n) is 5.50. The van der Waals surface area contributed by atoms with E-state index in [9.17, 15) is 22.8 Å². The number of rotatable bonds is 9. The van der Waals surface area contributed by atoms with Gasteiger partial charge in [0.1, 0.15) is 29.8 Å².